The fourth-order valence-electron chi connectivity index (χ4n) is 3.52. The average Bonchev–Trinajstić information content (AvgIpc) is 2.88. The number of likely N-dealkylation sites (tertiary alicyclic amines) is 1. The lowest BCUT2D eigenvalue weighted by molar-refractivity contribution is 0.0798. The van der Waals surface area contributed by atoms with Gasteiger partial charge in [0.1, 0.15) is 0 Å². The quantitative estimate of drug-likeness (QED) is 0.910. The molecule has 0 radical (unpaired) electrons. The van der Waals surface area contributed by atoms with Gasteiger partial charge in [0.2, 0.25) is 0 Å². The van der Waals surface area contributed by atoms with E-state index in [-0.39, 0.29) is 17.7 Å². The van der Waals surface area contributed by atoms with Crippen molar-refractivity contribution in [2.24, 2.45) is 0 Å². The van der Waals surface area contributed by atoms with E-state index in [1.165, 1.54) is 0 Å². The van der Waals surface area contributed by atoms with E-state index in [1.807, 2.05) is 25.1 Å². The molecule has 0 bridgehead atoms. The molecule has 1 fully saturated rings. The smallest absolute Gasteiger partial charge is 0.256 e. The van der Waals surface area contributed by atoms with Crippen LogP contribution in [0.2, 0.25) is 0 Å². The van der Waals surface area contributed by atoms with Crippen LogP contribution in [0.3, 0.4) is 0 Å². The first kappa shape index (κ1) is 15.3. The zero-order valence-corrected chi connectivity index (χ0v) is 13.4. The van der Waals surface area contributed by atoms with Gasteiger partial charge in [-0.25, -0.2) is 0 Å². The van der Waals surface area contributed by atoms with Crippen molar-refractivity contribution in [3.8, 4) is 0 Å². The summed E-state index contributed by atoms with van der Waals surface area (Å²) in [5.41, 5.74) is 1.99. The minimum Gasteiger partial charge on any atom is -0.394 e. The number of aryl methyl sites for hydroxylation is 1. The Labute approximate surface area is 130 Å². The van der Waals surface area contributed by atoms with Crippen LogP contribution < -0.4 is 5.56 Å². The molecule has 3 rings (SSSR count). The van der Waals surface area contributed by atoms with Crippen LogP contribution in [-0.4, -0.2) is 40.2 Å². The summed E-state index contributed by atoms with van der Waals surface area (Å²) in [4.78, 5) is 17.6. The van der Waals surface area contributed by atoms with Crippen molar-refractivity contribution >= 4 is 10.8 Å². The molecule has 4 heteroatoms. The summed E-state index contributed by atoms with van der Waals surface area (Å²) < 4.78 is 0. The van der Waals surface area contributed by atoms with Crippen molar-refractivity contribution in [2.75, 3.05) is 19.7 Å². The molecular weight excluding hydrogens is 276 g/mol. The Kier molecular flexibility index (Phi) is 4.06. The maximum atomic E-state index is 12.2. The minimum atomic E-state index is -0.104. The van der Waals surface area contributed by atoms with Gasteiger partial charge >= 0.3 is 0 Å². The SMILES string of the molecule is Cc1cccc2c(=O)[nH]c(CCN3CCCC3(C)CO)cc12. The molecule has 1 unspecified atom stereocenters. The average molecular weight is 300 g/mol. The van der Waals surface area contributed by atoms with Crippen LogP contribution in [0.5, 0.6) is 0 Å². The number of hydrogen-bond donors (Lipinski definition) is 2. The molecule has 22 heavy (non-hydrogen) atoms. The number of nitrogens with zero attached hydrogens (tertiary/aromatic N) is 1. The Hall–Kier alpha value is -1.65. The predicted octanol–water partition coefficient (Wildman–Crippen LogP) is 2.23. The van der Waals surface area contributed by atoms with E-state index in [9.17, 15) is 9.90 Å². The number of hydrogen-bond acceptors (Lipinski definition) is 3. The van der Waals surface area contributed by atoms with Crippen molar-refractivity contribution < 1.29 is 5.11 Å². The van der Waals surface area contributed by atoms with Gasteiger partial charge in [0.05, 0.1) is 6.61 Å². The summed E-state index contributed by atoms with van der Waals surface area (Å²) in [5.74, 6) is 0. The van der Waals surface area contributed by atoms with Crippen molar-refractivity contribution in [2.45, 2.75) is 38.6 Å². The number of H-pyrrole nitrogens is 1. The van der Waals surface area contributed by atoms with E-state index < -0.39 is 0 Å². The maximum Gasteiger partial charge on any atom is 0.256 e. The zero-order valence-electron chi connectivity index (χ0n) is 13.4. The lowest BCUT2D eigenvalue weighted by Gasteiger charge is -2.33. The second-order valence-electron chi connectivity index (χ2n) is 6.66. The molecule has 1 aliphatic heterocycles. The van der Waals surface area contributed by atoms with Gasteiger partial charge in [-0.2, -0.15) is 0 Å². The molecule has 2 heterocycles. The summed E-state index contributed by atoms with van der Waals surface area (Å²) in [6, 6.07) is 7.92. The molecule has 0 aliphatic carbocycles. The highest BCUT2D eigenvalue weighted by atomic mass is 16.3. The number of rotatable bonds is 4. The van der Waals surface area contributed by atoms with E-state index >= 15 is 0 Å². The highest BCUT2D eigenvalue weighted by Gasteiger charge is 2.35. The van der Waals surface area contributed by atoms with Crippen molar-refractivity contribution in [1.29, 1.82) is 0 Å². The Balaban J connectivity index is 1.83. The summed E-state index contributed by atoms with van der Waals surface area (Å²) in [6.45, 7) is 6.24. The number of fused-ring (bicyclic) bond motifs is 1. The molecule has 4 nitrogen and oxygen atoms in total. The normalized spacial score (nSPS) is 22.5. The molecule has 0 saturated carbocycles. The van der Waals surface area contributed by atoms with Crippen LogP contribution in [0.1, 0.15) is 31.0 Å². The number of aromatic nitrogens is 1. The van der Waals surface area contributed by atoms with Gasteiger partial charge in [-0.05, 0) is 56.3 Å². The molecule has 0 amide bonds. The third kappa shape index (κ3) is 2.69. The van der Waals surface area contributed by atoms with E-state index in [4.69, 9.17) is 0 Å². The van der Waals surface area contributed by atoms with Crippen LogP contribution in [0, 0.1) is 6.92 Å². The molecule has 1 aromatic heterocycles. The third-order valence-corrected chi connectivity index (χ3v) is 5.06. The summed E-state index contributed by atoms with van der Waals surface area (Å²) in [5, 5.41) is 11.4. The Morgan fingerprint density at radius 2 is 2.18 bits per heavy atom. The minimum absolute atomic E-state index is 0.0115. The van der Waals surface area contributed by atoms with Crippen LogP contribution >= 0.6 is 0 Å². The Morgan fingerprint density at radius 1 is 1.36 bits per heavy atom. The molecule has 1 aliphatic rings. The van der Waals surface area contributed by atoms with Gasteiger partial charge in [-0.1, -0.05) is 12.1 Å². The van der Waals surface area contributed by atoms with Crippen molar-refractivity contribution in [1.82, 2.24) is 9.88 Å². The second-order valence-corrected chi connectivity index (χ2v) is 6.66. The molecule has 1 aromatic carbocycles. The molecule has 2 N–H and O–H groups in total. The van der Waals surface area contributed by atoms with Gasteiger partial charge in [-0.3, -0.25) is 9.69 Å². The first-order chi connectivity index (χ1) is 10.5. The number of aromatic amines is 1. The largest absolute Gasteiger partial charge is 0.394 e. The fraction of sp³-hybridized carbons (Fsp3) is 0.500. The number of pyridine rings is 1. The van der Waals surface area contributed by atoms with Gasteiger partial charge in [-0.15, -0.1) is 0 Å². The van der Waals surface area contributed by atoms with E-state index in [2.05, 4.69) is 22.9 Å². The standard InChI is InChI=1S/C18H24N2O2/c1-13-5-3-6-15-16(13)11-14(19-17(15)22)7-10-20-9-4-8-18(20,2)12-21/h3,5-6,11,21H,4,7-10,12H2,1-2H3,(H,19,22). The van der Waals surface area contributed by atoms with Crippen molar-refractivity contribution in [3.63, 3.8) is 0 Å². The number of aliphatic hydroxyl groups excluding tert-OH is 1. The molecule has 1 atom stereocenters. The summed E-state index contributed by atoms with van der Waals surface area (Å²) in [7, 11) is 0. The van der Waals surface area contributed by atoms with Crippen LogP contribution in [0.4, 0.5) is 0 Å². The summed E-state index contributed by atoms with van der Waals surface area (Å²) in [6.07, 6.45) is 2.97. The molecule has 2 aromatic rings. The topological polar surface area (TPSA) is 56.3 Å². The van der Waals surface area contributed by atoms with Crippen LogP contribution in [-0.2, 0) is 6.42 Å². The van der Waals surface area contributed by atoms with Gasteiger partial charge < -0.3 is 10.1 Å². The lowest BCUT2D eigenvalue weighted by atomic mass is 10.00. The molecular formula is C18H24N2O2. The van der Waals surface area contributed by atoms with Crippen LogP contribution in [0.25, 0.3) is 10.8 Å². The Bertz CT molecular complexity index is 737. The maximum absolute atomic E-state index is 12.2. The fourth-order valence-corrected chi connectivity index (χ4v) is 3.52. The number of aliphatic hydroxyl groups is 1. The van der Waals surface area contributed by atoms with Crippen LogP contribution in [0.15, 0.2) is 29.1 Å². The van der Waals surface area contributed by atoms with Gasteiger partial charge in [0, 0.05) is 29.6 Å². The van der Waals surface area contributed by atoms with E-state index in [1.54, 1.807) is 0 Å². The Morgan fingerprint density at radius 3 is 2.95 bits per heavy atom. The monoisotopic (exact) mass is 300 g/mol. The second kappa shape index (κ2) is 5.86. The lowest BCUT2D eigenvalue weighted by Crippen LogP contribution is -2.45. The first-order valence-corrected chi connectivity index (χ1v) is 8.01. The third-order valence-electron chi connectivity index (χ3n) is 5.06. The van der Waals surface area contributed by atoms with Crippen molar-refractivity contribution in [3.05, 3.63) is 45.9 Å². The number of nitrogens with one attached hydrogen (secondary N) is 1. The molecule has 118 valence electrons. The number of benzene rings is 1. The summed E-state index contributed by atoms with van der Waals surface area (Å²) >= 11 is 0. The molecule has 1 saturated heterocycles. The highest BCUT2D eigenvalue weighted by Crippen LogP contribution is 2.28. The highest BCUT2D eigenvalue weighted by molar-refractivity contribution is 5.84. The van der Waals surface area contributed by atoms with E-state index in [0.29, 0.717) is 0 Å². The zero-order chi connectivity index (χ0) is 15.7. The first-order valence-electron chi connectivity index (χ1n) is 8.01. The van der Waals surface area contributed by atoms with Gasteiger partial charge in [0.25, 0.3) is 5.56 Å². The predicted molar refractivity (Wildman–Crippen MR) is 89.3 cm³/mol. The van der Waals surface area contributed by atoms with E-state index in [0.717, 1.165) is 54.4 Å². The molecule has 0 spiro atoms. The van der Waals surface area contributed by atoms with Gasteiger partial charge in [0.15, 0.2) is 0 Å².